The summed E-state index contributed by atoms with van der Waals surface area (Å²) in [4.78, 5) is 69.8. The SMILES string of the molecule is CCN(C(=O)c1ccc2ccccc2c1)c1ccnc(Cl)n1.CCN(C(=O)c1ccc2ccccc2c1)c1ccnc(NC2CCC(O)CC2)n1.CCN(C(=O)c1ccc2ccccc2c1)c1ccnc(NC2CCC(O)CC2)n1.NC1CCC(O)CC1. The second-order valence-corrected chi connectivity index (χ2v) is 22.7. The number of aliphatic hydroxyl groups is 3. The summed E-state index contributed by atoms with van der Waals surface area (Å²) in [7, 11) is 0. The largest absolute Gasteiger partial charge is 0.393 e. The van der Waals surface area contributed by atoms with E-state index in [0.717, 1.165) is 109 Å². The van der Waals surface area contributed by atoms with Crippen molar-refractivity contribution in [3.8, 4) is 0 Å². The lowest BCUT2D eigenvalue weighted by atomic mass is 9.93. The van der Waals surface area contributed by atoms with Crippen LogP contribution in [0.5, 0.6) is 0 Å². The van der Waals surface area contributed by atoms with E-state index in [1.807, 2.05) is 148 Å². The third kappa shape index (κ3) is 17.4. The van der Waals surface area contributed by atoms with E-state index in [0.29, 0.717) is 71.7 Å². The first-order valence-electron chi connectivity index (χ1n) is 30.6. The van der Waals surface area contributed by atoms with Gasteiger partial charge in [-0.2, -0.15) is 9.97 Å². The summed E-state index contributed by atoms with van der Waals surface area (Å²) >= 11 is 5.81. The minimum atomic E-state index is -0.199. The van der Waals surface area contributed by atoms with Crippen LogP contribution in [0.1, 0.15) is 129 Å². The number of anilines is 5. The molecule has 0 unspecified atom stereocenters. The van der Waals surface area contributed by atoms with E-state index in [2.05, 4.69) is 40.5 Å². The van der Waals surface area contributed by atoms with Gasteiger partial charge in [-0.3, -0.25) is 29.1 Å². The zero-order chi connectivity index (χ0) is 61.9. The number of benzene rings is 6. The average molecular weight is 1210 g/mol. The maximum absolute atomic E-state index is 13.2. The Balaban J connectivity index is 0.000000149. The van der Waals surface area contributed by atoms with Gasteiger partial charge in [-0.15, -0.1) is 0 Å². The van der Waals surface area contributed by atoms with E-state index in [1.165, 1.54) is 0 Å². The monoisotopic (exact) mass is 1210 g/mol. The lowest BCUT2D eigenvalue weighted by Crippen LogP contribution is -2.32. The van der Waals surface area contributed by atoms with E-state index in [-0.39, 0.29) is 53.4 Å². The number of halogens is 1. The van der Waals surface area contributed by atoms with Crippen LogP contribution in [0, 0.1) is 0 Å². The number of aliphatic hydroxyl groups excluding tert-OH is 3. The molecule has 0 radical (unpaired) electrons. The lowest BCUT2D eigenvalue weighted by molar-refractivity contribution is 0.0979. The number of carbonyl (C=O) groups is 3. The molecule has 12 rings (SSSR count). The number of nitrogens with two attached hydrogens (primary N) is 1. The zero-order valence-electron chi connectivity index (χ0n) is 50.2. The van der Waals surface area contributed by atoms with E-state index < -0.39 is 0 Å². The highest BCUT2D eigenvalue weighted by Crippen LogP contribution is 2.27. The summed E-state index contributed by atoms with van der Waals surface area (Å²) in [6, 6.07) is 47.2. The van der Waals surface area contributed by atoms with Crippen molar-refractivity contribution >= 4 is 91.0 Å². The third-order valence-corrected chi connectivity index (χ3v) is 16.4. The molecule has 0 saturated heterocycles. The summed E-state index contributed by atoms with van der Waals surface area (Å²) in [6.07, 6.45) is 15.0. The van der Waals surface area contributed by atoms with Crippen LogP contribution in [0.25, 0.3) is 32.3 Å². The number of hydrogen-bond donors (Lipinski definition) is 6. The van der Waals surface area contributed by atoms with E-state index in [4.69, 9.17) is 22.4 Å². The molecule has 19 heteroatoms. The zero-order valence-corrected chi connectivity index (χ0v) is 51.0. The van der Waals surface area contributed by atoms with Gasteiger partial charge in [0.25, 0.3) is 17.7 Å². The predicted molar refractivity (Wildman–Crippen MR) is 351 cm³/mol. The molecular formula is C69H79ClN12O6. The average Bonchev–Trinajstić information content (AvgIpc) is 2.55. The molecule has 3 heterocycles. The first-order valence-corrected chi connectivity index (χ1v) is 31.0. The smallest absolute Gasteiger partial charge is 0.259 e. The summed E-state index contributed by atoms with van der Waals surface area (Å²) in [5, 5.41) is 41.6. The van der Waals surface area contributed by atoms with Crippen LogP contribution in [0.2, 0.25) is 5.28 Å². The highest BCUT2D eigenvalue weighted by atomic mass is 35.5. The molecule has 0 bridgehead atoms. The Hall–Kier alpha value is -8.52. The fourth-order valence-corrected chi connectivity index (χ4v) is 11.3. The number of nitrogens with zero attached hydrogens (tertiary/aromatic N) is 9. The quantitative estimate of drug-likeness (QED) is 0.0588. The maximum atomic E-state index is 13.2. The molecule has 0 spiro atoms. The van der Waals surface area contributed by atoms with Crippen LogP contribution in [0.15, 0.2) is 164 Å². The Morgan fingerprint density at radius 2 is 0.739 bits per heavy atom. The van der Waals surface area contributed by atoms with Gasteiger partial charge in [-0.25, -0.2) is 19.9 Å². The van der Waals surface area contributed by atoms with E-state index in [1.54, 1.807) is 51.5 Å². The molecule has 3 aliphatic rings. The predicted octanol–water partition coefficient (Wildman–Crippen LogP) is 12.2. The van der Waals surface area contributed by atoms with Crippen LogP contribution >= 0.6 is 11.6 Å². The van der Waals surface area contributed by atoms with Gasteiger partial charge in [-0.05, 0) is 196 Å². The summed E-state index contributed by atoms with van der Waals surface area (Å²) in [5.74, 6) is 2.44. The molecule has 6 aromatic carbocycles. The van der Waals surface area contributed by atoms with Crippen molar-refractivity contribution in [2.75, 3.05) is 45.0 Å². The van der Waals surface area contributed by atoms with Crippen molar-refractivity contribution in [2.24, 2.45) is 5.73 Å². The van der Waals surface area contributed by atoms with Crippen LogP contribution in [-0.2, 0) is 0 Å². The normalized spacial score (nSPS) is 18.9. The molecule has 0 atom stereocenters. The maximum Gasteiger partial charge on any atom is 0.259 e. The van der Waals surface area contributed by atoms with Gasteiger partial charge in [0.05, 0.1) is 18.3 Å². The molecule has 3 saturated carbocycles. The molecule has 3 aliphatic carbocycles. The van der Waals surface area contributed by atoms with Gasteiger partial charge in [-0.1, -0.05) is 91.0 Å². The van der Waals surface area contributed by atoms with Crippen LogP contribution in [-0.4, -0.2) is 119 Å². The number of rotatable bonds is 13. The van der Waals surface area contributed by atoms with Crippen molar-refractivity contribution < 1.29 is 29.7 Å². The first kappa shape index (κ1) is 64.0. The van der Waals surface area contributed by atoms with Gasteiger partial charge in [0, 0.05) is 73.0 Å². The molecule has 458 valence electrons. The van der Waals surface area contributed by atoms with E-state index >= 15 is 0 Å². The lowest BCUT2D eigenvalue weighted by Gasteiger charge is -2.26. The topological polar surface area (TPSA) is 249 Å². The molecule has 3 fully saturated rings. The summed E-state index contributed by atoms with van der Waals surface area (Å²) in [6.45, 7) is 7.30. The van der Waals surface area contributed by atoms with Crippen LogP contribution in [0.4, 0.5) is 29.4 Å². The summed E-state index contributed by atoms with van der Waals surface area (Å²) in [5.41, 5.74) is 7.48. The fraction of sp³-hybridized carbons (Fsp3) is 0.348. The minimum absolute atomic E-state index is 0.0604. The van der Waals surface area contributed by atoms with Crippen molar-refractivity contribution in [3.63, 3.8) is 0 Å². The van der Waals surface area contributed by atoms with Gasteiger partial charge >= 0.3 is 0 Å². The standard InChI is InChI=1S/2C23H26N4O2.C17H14ClN3O.C6H13NO/c2*1-2-27(22(29)18-8-7-16-5-3-4-6-17(16)15-18)21-13-14-24-23(26-21)25-19-9-11-20(28)12-10-19;1-2-21(15-9-10-19-17(18)20-15)16(22)14-8-7-12-5-3-4-6-13(12)11-14;7-5-1-3-6(8)4-2-5/h2*3-8,13-15,19-20,28H,2,9-12H2,1H3,(H,24,25,26);3-11H,2H2,1H3;5-6,8H,1-4,7H2. The number of aromatic nitrogens is 6. The Labute approximate surface area is 519 Å². The van der Waals surface area contributed by atoms with Crippen molar-refractivity contribution in [1.29, 1.82) is 0 Å². The molecular weight excluding hydrogens is 1130 g/mol. The molecule has 9 aromatic rings. The van der Waals surface area contributed by atoms with Gasteiger partial charge < -0.3 is 31.7 Å². The van der Waals surface area contributed by atoms with Gasteiger partial charge in [0.15, 0.2) is 0 Å². The van der Waals surface area contributed by atoms with Crippen molar-refractivity contribution in [2.45, 2.75) is 134 Å². The molecule has 3 aromatic heterocycles. The van der Waals surface area contributed by atoms with Gasteiger partial charge in [0.2, 0.25) is 17.2 Å². The molecule has 88 heavy (non-hydrogen) atoms. The Morgan fingerprint density at radius 1 is 0.432 bits per heavy atom. The number of nitrogens with one attached hydrogen (secondary N) is 2. The Bertz CT molecular complexity index is 3590. The Kier molecular flexibility index (Phi) is 22.8. The first-order chi connectivity index (χ1) is 42.7. The van der Waals surface area contributed by atoms with Crippen LogP contribution < -0.4 is 31.1 Å². The third-order valence-electron chi connectivity index (χ3n) is 16.2. The van der Waals surface area contributed by atoms with Crippen molar-refractivity contribution in [3.05, 3.63) is 186 Å². The number of hydrogen-bond acceptors (Lipinski definition) is 15. The molecule has 7 N–H and O–H groups in total. The van der Waals surface area contributed by atoms with Crippen molar-refractivity contribution in [1.82, 2.24) is 29.9 Å². The summed E-state index contributed by atoms with van der Waals surface area (Å²) < 4.78 is 0. The number of fused-ring (bicyclic) bond motifs is 3. The van der Waals surface area contributed by atoms with E-state index in [9.17, 15) is 24.6 Å². The second kappa shape index (κ2) is 31.4. The number of carbonyl (C=O) groups excluding carboxylic acids is 3. The molecule has 0 aliphatic heterocycles. The Morgan fingerprint density at radius 3 is 1.06 bits per heavy atom. The van der Waals surface area contributed by atoms with Gasteiger partial charge in [0.1, 0.15) is 17.5 Å². The molecule has 18 nitrogen and oxygen atoms in total. The molecule has 3 amide bonds. The minimum Gasteiger partial charge on any atom is -0.393 e. The van der Waals surface area contributed by atoms with Crippen LogP contribution in [0.3, 0.4) is 0 Å². The second-order valence-electron chi connectivity index (χ2n) is 22.4. The number of amides is 3. The highest BCUT2D eigenvalue weighted by Gasteiger charge is 2.25. The fourth-order valence-electron chi connectivity index (χ4n) is 11.2. The highest BCUT2D eigenvalue weighted by molar-refractivity contribution is 6.28.